The number of hydrogen-bond donors (Lipinski definition) is 1. The zero-order valence-electron chi connectivity index (χ0n) is 14.9. The molecular formula is C20H15BrN4O3S. The van der Waals surface area contributed by atoms with Crippen molar-refractivity contribution in [1.82, 2.24) is 14.5 Å². The number of anilines is 1. The zero-order chi connectivity index (χ0) is 20.3. The van der Waals surface area contributed by atoms with Crippen LogP contribution in [0.25, 0.3) is 5.82 Å². The van der Waals surface area contributed by atoms with Crippen molar-refractivity contribution in [3.05, 3.63) is 89.9 Å². The molecule has 0 aliphatic carbocycles. The molecular weight excluding hydrogens is 456 g/mol. The molecule has 0 saturated heterocycles. The van der Waals surface area contributed by atoms with Crippen LogP contribution in [0.3, 0.4) is 0 Å². The van der Waals surface area contributed by atoms with Crippen molar-refractivity contribution < 1.29 is 13.2 Å². The first-order valence-electron chi connectivity index (χ1n) is 8.52. The Morgan fingerprint density at radius 3 is 2.38 bits per heavy atom. The lowest BCUT2D eigenvalue weighted by atomic mass is 10.3. The fraction of sp³-hybridized carbons (Fsp3) is 0. The molecule has 0 spiro atoms. The van der Waals surface area contributed by atoms with E-state index >= 15 is 0 Å². The van der Waals surface area contributed by atoms with Gasteiger partial charge in [-0.3, -0.25) is 4.72 Å². The topological polar surface area (TPSA) is 86.1 Å². The van der Waals surface area contributed by atoms with Crippen LogP contribution in [0.4, 0.5) is 5.69 Å². The largest absolute Gasteiger partial charge is 0.439 e. The first kappa shape index (κ1) is 19.2. The molecule has 29 heavy (non-hydrogen) atoms. The average Bonchev–Trinajstić information content (AvgIpc) is 3.25. The summed E-state index contributed by atoms with van der Waals surface area (Å²) in [5, 5.41) is 0. The average molecular weight is 471 g/mol. The summed E-state index contributed by atoms with van der Waals surface area (Å²) in [5.74, 6) is 1.58. The number of nitrogens with zero attached hydrogens (tertiary/aromatic N) is 3. The van der Waals surface area contributed by atoms with Gasteiger partial charge < -0.3 is 9.30 Å². The van der Waals surface area contributed by atoms with Gasteiger partial charge in [0, 0.05) is 28.6 Å². The van der Waals surface area contributed by atoms with Crippen molar-refractivity contribution >= 4 is 31.6 Å². The molecule has 146 valence electrons. The maximum absolute atomic E-state index is 12.6. The predicted octanol–water partition coefficient (Wildman–Crippen LogP) is 4.62. The number of nitrogens with one attached hydrogen (secondary N) is 1. The molecule has 2 heterocycles. The van der Waals surface area contributed by atoms with Gasteiger partial charge in [0.2, 0.25) is 5.88 Å². The lowest BCUT2D eigenvalue weighted by Gasteiger charge is -2.11. The first-order valence-corrected chi connectivity index (χ1v) is 10.8. The predicted molar refractivity (Wildman–Crippen MR) is 113 cm³/mol. The van der Waals surface area contributed by atoms with Crippen LogP contribution in [-0.2, 0) is 10.0 Å². The molecule has 0 bridgehead atoms. The second kappa shape index (κ2) is 8.06. The van der Waals surface area contributed by atoms with E-state index in [1.165, 1.54) is 12.4 Å². The molecule has 7 nitrogen and oxygen atoms in total. The minimum atomic E-state index is -3.71. The van der Waals surface area contributed by atoms with Crippen LogP contribution >= 0.6 is 15.9 Å². The van der Waals surface area contributed by atoms with Crippen LogP contribution in [0.2, 0.25) is 0 Å². The Morgan fingerprint density at radius 2 is 1.66 bits per heavy atom. The Kier molecular flexibility index (Phi) is 5.32. The van der Waals surface area contributed by atoms with Gasteiger partial charge in [0.15, 0.2) is 0 Å². The van der Waals surface area contributed by atoms with Gasteiger partial charge in [-0.05, 0) is 64.5 Å². The number of rotatable bonds is 6. The molecule has 4 aromatic rings. The lowest BCUT2D eigenvalue weighted by Crippen LogP contribution is -2.13. The van der Waals surface area contributed by atoms with E-state index in [1.54, 1.807) is 48.5 Å². The Balaban J connectivity index is 1.49. The third-order valence-electron chi connectivity index (χ3n) is 3.95. The summed E-state index contributed by atoms with van der Waals surface area (Å²) in [5.41, 5.74) is 0.420. The van der Waals surface area contributed by atoms with Gasteiger partial charge in [0.05, 0.1) is 0 Å². The molecule has 9 heteroatoms. The van der Waals surface area contributed by atoms with Crippen LogP contribution in [0, 0.1) is 0 Å². The van der Waals surface area contributed by atoms with E-state index in [0.717, 1.165) is 0 Å². The number of benzene rings is 2. The summed E-state index contributed by atoms with van der Waals surface area (Å²) in [6.07, 6.45) is 5.17. The standard InChI is InChI=1S/C20H15BrN4O3S/c21-17-5-1-2-6-18(17)29(26,27)24-15-7-9-16(10-8-15)28-20-13-19(22-14-23-20)25-11-3-4-12-25/h1-14,24H. The van der Waals surface area contributed by atoms with Crippen molar-refractivity contribution in [3.63, 3.8) is 0 Å². The van der Waals surface area contributed by atoms with Gasteiger partial charge in [-0.25, -0.2) is 18.4 Å². The van der Waals surface area contributed by atoms with E-state index in [4.69, 9.17) is 4.74 Å². The van der Waals surface area contributed by atoms with Crippen molar-refractivity contribution in [3.8, 4) is 17.4 Å². The summed E-state index contributed by atoms with van der Waals surface area (Å²) < 4.78 is 35.8. The second-order valence-electron chi connectivity index (χ2n) is 5.97. The molecule has 1 N–H and O–H groups in total. The van der Waals surface area contributed by atoms with Gasteiger partial charge in [-0.15, -0.1) is 0 Å². The summed E-state index contributed by atoms with van der Waals surface area (Å²) in [7, 11) is -3.71. The number of halogens is 1. The van der Waals surface area contributed by atoms with Crippen LogP contribution in [0.1, 0.15) is 0 Å². The Bertz CT molecular complexity index is 1230. The van der Waals surface area contributed by atoms with Crippen LogP contribution in [-0.4, -0.2) is 23.0 Å². The van der Waals surface area contributed by atoms with E-state index in [2.05, 4.69) is 30.6 Å². The number of aromatic nitrogens is 3. The molecule has 0 saturated carbocycles. The van der Waals surface area contributed by atoms with E-state index in [0.29, 0.717) is 27.6 Å². The van der Waals surface area contributed by atoms with E-state index in [-0.39, 0.29) is 4.90 Å². The Labute approximate surface area is 176 Å². The molecule has 0 amide bonds. The fourth-order valence-corrected chi connectivity index (χ4v) is 4.66. The highest BCUT2D eigenvalue weighted by Gasteiger charge is 2.17. The lowest BCUT2D eigenvalue weighted by molar-refractivity contribution is 0.461. The summed E-state index contributed by atoms with van der Waals surface area (Å²) in [6, 6.07) is 18.7. The molecule has 0 unspecified atom stereocenters. The van der Waals surface area contributed by atoms with Gasteiger partial charge >= 0.3 is 0 Å². The summed E-state index contributed by atoms with van der Waals surface area (Å²) >= 11 is 3.26. The molecule has 0 radical (unpaired) electrons. The molecule has 4 rings (SSSR count). The highest BCUT2D eigenvalue weighted by molar-refractivity contribution is 9.10. The third kappa shape index (κ3) is 4.47. The SMILES string of the molecule is O=S(=O)(Nc1ccc(Oc2cc(-n3cccc3)ncn2)cc1)c1ccccc1Br. The quantitative estimate of drug-likeness (QED) is 0.444. The van der Waals surface area contributed by atoms with Gasteiger partial charge in [0.25, 0.3) is 10.0 Å². The van der Waals surface area contributed by atoms with Crippen LogP contribution in [0.15, 0.2) is 94.8 Å². The first-order chi connectivity index (χ1) is 14.0. The van der Waals surface area contributed by atoms with Crippen LogP contribution in [0.5, 0.6) is 11.6 Å². The zero-order valence-corrected chi connectivity index (χ0v) is 17.3. The monoisotopic (exact) mass is 470 g/mol. The van der Waals surface area contributed by atoms with Crippen molar-refractivity contribution in [2.75, 3.05) is 4.72 Å². The van der Waals surface area contributed by atoms with E-state index in [1.807, 2.05) is 29.1 Å². The fourth-order valence-electron chi connectivity index (χ4n) is 2.60. The number of sulfonamides is 1. The molecule has 0 atom stereocenters. The van der Waals surface area contributed by atoms with Gasteiger partial charge in [-0.1, -0.05) is 12.1 Å². The minimum Gasteiger partial charge on any atom is -0.439 e. The summed E-state index contributed by atoms with van der Waals surface area (Å²) in [6.45, 7) is 0. The summed E-state index contributed by atoms with van der Waals surface area (Å²) in [4.78, 5) is 8.48. The third-order valence-corrected chi connectivity index (χ3v) is 6.35. The minimum absolute atomic E-state index is 0.166. The van der Waals surface area contributed by atoms with E-state index in [9.17, 15) is 8.42 Å². The van der Waals surface area contributed by atoms with Crippen molar-refractivity contribution in [1.29, 1.82) is 0 Å². The van der Waals surface area contributed by atoms with E-state index < -0.39 is 10.0 Å². The van der Waals surface area contributed by atoms with Crippen LogP contribution < -0.4 is 9.46 Å². The highest BCUT2D eigenvalue weighted by Crippen LogP contribution is 2.26. The molecule has 2 aromatic heterocycles. The van der Waals surface area contributed by atoms with Gasteiger partial charge in [-0.2, -0.15) is 0 Å². The smallest absolute Gasteiger partial charge is 0.263 e. The molecule has 0 fully saturated rings. The number of ether oxygens (including phenoxy) is 1. The number of hydrogen-bond acceptors (Lipinski definition) is 5. The van der Waals surface area contributed by atoms with Gasteiger partial charge in [0.1, 0.15) is 22.8 Å². The normalized spacial score (nSPS) is 11.2. The highest BCUT2D eigenvalue weighted by atomic mass is 79.9. The Morgan fingerprint density at radius 1 is 0.931 bits per heavy atom. The van der Waals surface area contributed by atoms with Crippen molar-refractivity contribution in [2.24, 2.45) is 0 Å². The van der Waals surface area contributed by atoms with Crippen molar-refractivity contribution in [2.45, 2.75) is 4.90 Å². The second-order valence-corrected chi connectivity index (χ2v) is 8.47. The molecule has 0 aliphatic rings. The molecule has 2 aromatic carbocycles. The molecule has 0 aliphatic heterocycles. The Hall–Kier alpha value is -3.17. The maximum Gasteiger partial charge on any atom is 0.263 e. The maximum atomic E-state index is 12.6.